The molecule has 0 atom stereocenters. The summed E-state index contributed by atoms with van der Waals surface area (Å²) in [4.78, 5) is 0. The molecule has 0 unspecified atom stereocenters. The van der Waals surface area contributed by atoms with Crippen LogP contribution < -0.4 is 0 Å². The minimum atomic E-state index is 0.850. The van der Waals surface area contributed by atoms with Crippen LogP contribution in [-0.4, -0.2) is 0 Å². The van der Waals surface area contributed by atoms with Crippen LogP contribution in [-0.2, 0) is 6.42 Å². The van der Waals surface area contributed by atoms with Crippen molar-refractivity contribution >= 4 is 43.1 Å². The molecule has 0 amide bonds. The van der Waals surface area contributed by atoms with Gasteiger partial charge < -0.3 is 0 Å². The molecule has 0 aliphatic rings. The first-order valence-electron chi connectivity index (χ1n) is 16.4. The Labute approximate surface area is 275 Å². The van der Waals surface area contributed by atoms with Crippen LogP contribution in [0, 0.1) is 0 Å². The van der Waals surface area contributed by atoms with Gasteiger partial charge in [-0.1, -0.05) is 176 Å². The van der Waals surface area contributed by atoms with E-state index in [1.807, 2.05) is 0 Å². The lowest BCUT2D eigenvalue weighted by Crippen LogP contribution is -1.98. The van der Waals surface area contributed by atoms with Crippen LogP contribution in [0.2, 0.25) is 0 Å². The summed E-state index contributed by atoms with van der Waals surface area (Å²) >= 11 is 0. The predicted octanol–water partition coefficient (Wildman–Crippen LogP) is 12.9. The average molecular weight is 597 g/mol. The van der Waals surface area contributed by atoms with Gasteiger partial charge in [0.05, 0.1) is 0 Å². The largest absolute Gasteiger partial charge is 0.0622 e. The molecule has 0 bridgehead atoms. The van der Waals surface area contributed by atoms with E-state index in [1.54, 1.807) is 0 Å². The Balaban J connectivity index is 1.36. The van der Waals surface area contributed by atoms with Gasteiger partial charge in [0.2, 0.25) is 0 Å². The summed E-state index contributed by atoms with van der Waals surface area (Å²) in [6.07, 6.45) is 0.850. The number of hydrogen-bond donors (Lipinski definition) is 0. The second kappa shape index (κ2) is 11.4. The zero-order valence-electron chi connectivity index (χ0n) is 26.0. The molecule has 220 valence electrons. The lowest BCUT2D eigenvalue weighted by atomic mass is 9.83. The average Bonchev–Trinajstić information content (AvgIpc) is 3.15. The van der Waals surface area contributed by atoms with E-state index in [0.717, 1.165) is 6.42 Å². The minimum absolute atomic E-state index is 0.850. The van der Waals surface area contributed by atoms with Crippen molar-refractivity contribution in [1.29, 1.82) is 0 Å². The molecule has 0 spiro atoms. The Morgan fingerprint density at radius 2 is 0.723 bits per heavy atom. The van der Waals surface area contributed by atoms with E-state index in [1.165, 1.54) is 87.6 Å². The fourth-order valence-electron chi connectivity index (χ4n) is 7.67. The van der Waals surface area contributed by atoms with Gasteiger partial charge in [0, 0.05) is 0 Å². The monoisotopic (exact) mass is 596 g/mol. The van der Waals surface area contributed by atoms with Gasteiger partial charge in [-0.2, -0.15) is 0 Å². The van der Waals surface area contributed by atoms with Crippen LogP contribution in [0.15, 0.2) is 182 Å². The lowest BCUT2D eigenvalue weighted by molar-refractivity contribution is 1.23. The molecular formula is C47H32. The maximum atomic E-state index is 2.46. The van der Waals surface area contributed by atoms with Crippen molar-refractivity contribution < 1.29 is 0 Å². The second-order valence-electron chi connectivity index (χ2n) is 12.4. The molecule has 0 N–H and O–H groups in total. The molecule has 0 nitrogen and oxygen atoms in total. The molecule has 0 aromatic heterocycles. The smallest absolute Gasteiger partial charge is 0.000728 e. The Bertz CT molecular complexity index is 2520. The van der Waals surface area contributed by atoms with Gasteiger partial charge in [-0.15, -0.1) is 0 Å². The van der Waals surface area contributed by atoms with E-state index < -0.39 is 0 Å². The van der Waals surface area contributed by atoms with E-state index in [0.29, 0.717) is 0 Å². The highest BCUT2D eigenvalue weighted by molar-refractivity contribution is 6.23. The number of benzene rings is 9. The van der Waals surface area contributed by atoms with Gasteiger partial charge in [0.25, 0.3) is 0 Å². The molecule has 0 saturated heterocycles. The van der Waals surface area contributed by atoms with Crippen molar-refractivity contribution in [3.8, 4) is 33.4 Å². The lowest BCUT2D eigenvalue weighted by Gasteiger charge is -2.21. The zero-order valence-corrected chi connectivity index (χ0v) is 26.0. The highest BCUT2D eigenvalue weighted by Crippen LogP contribution is 2.45. The van der Waals surface area contributed by atoms with Gasteiger partial charge in [0.1, 0.15) is 0 Å². The quantitative estimate of drug-likeness (QED) is 0.137. The number of rotatable bonds is 5. The first-order chi connectivity index (χ1) is 23.3. The van der Waals surface area contributed by atoms with Crippen molar-refractivity contribution in [1.82, 2.24) is 0 Å². The Hall–Kier alpha value is -5.98. The van der Waals surface area contributed by atoms with Crippen molar-refractivity contribution in [2.75, 3.05) is 0 Å². The standard InChI is InChI=1S/C47H32/c1-3-16-32(17-4-1)35-21-8-7-20-34(35)30-44-40-24-11-13-26-42(40)47(43-27-14-12-25-41(43)44)46-31-45-36(33-18-5-2-6-19-33)28-15-29-38(45)37-22-9-10-23-39(37)46/h1-29,31H,30H2. The summed E-state index contributed by atoms with van der Waals surface area (Å²) in [5.41, 5.74) is 10.3. The molecule has 0 aliphatic carbocycles. The fourth-order valence-corrected chi connectivity index (χ4v) is 7.67. The molecule has 9 aromatic carbocycles. The molecule has 0 heterocycles. The van der Waals surface area contributed by atoms with Gasteiger partial charge in [0.15, 0.2) is 0 Å². The third kappa shape index (κ3) is 4.61. The molecule has 0 heteroatoms. The molecule has 47 heavy (non-hydrogen) atoms. The van der Waals surface area contributed by atoms with Crippen molar-refractivity contribution in [2.24, 2.45) is 0 Å². The van der Waals surface area contributed by atoms with Gasteiger partial charge >= 0.3 is 0 Å². The maximum absolute atomic E-state index is 2.46. The summed E-state index contributed by atoms with van der Waals surface area (Å²) in [5, 5.41) is 10.3. The Kier molecular flexibility index (Phi) is 6.65. The summed E-state index contributed by atoms with van der Waals surface area (Å²) in [5.74, 6) is 0. The summed E-state index contributed by atoms with van der Waals surface area (Å²) in [6, 6.07) is 66.6. The van der Waals surface area contributed by atoms with Crippen LogP contribution in [0.25, 0.3) is 76.5 Å². The number of fused-ring (bicyclic) bond motifs is 5. The minimum Gasteiger partial charge on any atom is -0.0622 e. The SMILES string of the molecule is c1ccc(-c2ccccc2Cc2c3ccccc3c(-c3cc4c(-c5ccccc5)cccc4c4ccccc34)c3ccccc23)cc1. The molecule has 0 saturated carbocycles. The fraction of sp³-hybridized carbons (Fsp3) is 0.0213. The first kappa shape index (κ1) is 27.3. The van der Waals surface area contributed by atoms with Gasteiger partial charge in [-0.05, 0) is 100 Å². The highest BCUT2D eigenvalue weighted by Gasteiger charge is 2.20. The van der Waals surface area contributed by atoms with Crippen LogP contribution in [0.5, 0.6) is 0 Å². The predicted molar refractivity (Wildman–Crippen MR) is 202 cm³/mol. The summed E-state index contributed by atoms with van der Waals surface area (Å²) in [6.45, 7) is 0. The normalized spacial score (nSPS) is 11.5. The highest BCUT2D eigenvalue weighted by atomic mass is 14.2. The van der Waals surface area contributed by atoms with Crippen LogP contribution in [0.1, 0.15) is 11.1 Å². The van der Waals surface area contributed by atoms with Crippen LogP contribution in [0.3, 0.4) is 0 Å². The number of hydrogen-bond acceptors (Lipinski definition) is 0. The molecule has 9 aromatic rings. The van der Waals surface area contributed by atoms with Crippen molar-refractivity contribution in [2.45, 2.75) is 6.42 Å². The van der Waals surface area contributed by atoms with Gasteiger partial charge in [-0.3, -0.25) is 0 Å². The Morgan fingerprint density at radius 1 is 0.277 bits per heavy atom. The van der Waals surface area contributed by atoms with Crippen molar-refractivity contribution in [3.63, 3.8) is 0 Å². The zero-order chi connectivity index (χ0) is 31.2. The Morgan fingerprint density at radius 3 is 1.38 bits per heavy atom. The van der Waals surface area contributed by atoms with E-state index in [-0.39, 0.29) is 0 Å². The van der Waals surface area contributed by atoms with E-state index in [4.69, 9.17) is 0 Å². The summed E-state index contributed by atoms with van der Waals surface area (Å²) in [7, 11) is 0. The maximum Gasteiger partial charge on any atom is -0.000728 e. The molecule has 0 radical (unpaired) electrons. The van der Waals surface area contributed by atoms with Gasteiger partial charge in [-0.25, -0.2) is 0 Å². The van der Waals surface area contributed by atoms with Crippen molar-refractivity contribution in [3.05, 3.63) is 193 Å². The topological polar surface area (TPSA) is 0 Å². The van der Waals surface area contributed by atoms with Crippen LogP contribution in [0.4, 0.5) is 0 Å². The molecule has 9 rings (SSSR count). The molecule has 0 aliphatic heterocycles. The third-order valence-electron chi connectivity index (χ3n) is 9.77. The third-order valence-corrected chi connectivity index (χ3v) is 9.77. The molecule has 0 fully saturated rings. The second-order valence-corrected chi connectivity index (χ2v) is 12.4. The first-order valence-corrected chi connectivity index (χ1v) is 16.4. The molecular weight excluding hydrogens is 565 g/mol. The van der Waals surface area contributed by atoms with Crippen LogP contribution >= 0.6 is 0 Å². The van der Waals surface area contributed by atoms with E-state index in [9.17, 15) is 0 Å². The summed E-state index contributed by atoms with van der Waals surface area (Å²) < 4.78 is 0. The van der Waals surface area contributed by atoms with E-state index >= 15 is 0 Å². The van der Waals surface area contributed by atoms with E-state index in [2.05, 4.69) is 182 Å².